The molecule has 2 aromatic heterocycles. The van der Waals surface area contributed by atoms with E-state index >= 15 is 0 Å². The van der Waals surface area contributed by atoms with Gasteiger partial charge < -0.3 is 5.32 Å². The van der Waals surface area contributed by atoms with Crippen molar-refractivity contribution in [1.82, 2.24) is 14.7 Å². The predicted octanol–water partition coefficient (Wildman–Crippen LogP) is 5.43. The van der Waals surface area contributed by atoms with Crippen molar-refractivity contribution in [2.24, 2.45) is 0 Å². The summed E-state index contributed by atoms with van der Waals surface area (Å²) in [5.41, 5.74) is 1.75. The van der Waals surface area contributed by atoms with Crippen molar-refractivity contribution in [3.05, 3.63) is 107 Å². The molecule has 7 heteroatoms. The standard InChI is InChI=1S/C24H20F3N3O/c1-2-19-22(30-15-18(24(25,26)27)13-14-20(30)28-19)23(31)29-21(16-9-5-3-6-10-16)17-11-7-4-8-12-17/h3-15,21H,2H2,1H3,(H,29,31). The van der Waals surface area contributed by atoms with E-state index in [1.807, 2.05) is 67.6 Å². The molecule has 2 aromatic carbocycles. The first-order chi connectivity index (χ1) is 14.9. The molecule has 0 spiro atoms. The molecule has 4 aromatic rings. The second kappa shape index (κ2) is 8.26. The van der Waals surface area contributed by atoms with E-state index in [0.29, 0.717) is 17.8 Å². The summed E-state index contributed by atoms with van der Waals surface area (Å²) in [4.78, 5) is 17.7. The summed E-state index contributed by atoms with van der Waals surface area (Å²) in [6.45, 7) is 1.81. The van der Waals surface area contributed by atoms with Crippen molar-refractivity contribution in [3.8, 4) is 0 Å². The van der Waals surface area contributed by atoms with Gasteiger partial charge in [0.05, 0.1) is 17.3 Å². The van der Waals surface area contributed by atoms with Crippen LogP contribution < -0.4 is 5.32 Å². The smallest absolute Gasteiger partial charge is 0.340 e. The van der Waals surface area contributed by atoms with Crippen LogP contribution in [0.3, 0.4) is 0 Å². The van der Waals surface area contributed by atoms with Gasteiger partial charge >= 0.3 is 6.18 Å². The lowest BCUT2D eigenvalue weighted by atomic mass is 9.98. The summed E-state index contributed by atoms with van der Waals surface area (Å²) >= 11 is 0. The van der Waals surface area contributed by atoms with Crippen molar-refractivity contribution in [2.75, 3.05) is 0 Å². The first-order valence-corrected chi connectivity index (χ1v) is 9.87. The maximum atomic E-state index is 13.4. The highest BCUT2D eigenvalue weighted by molar-refractivity contribution is 5.95. The molecule has 0 saturated carbocycles. The minimum absolute atomic E-state index is 0.112. The summed E-state index contributed by atoms with van der Waals surface area (Å²) in [7, 11) is 0. The lowest BCUT2D eigenvalue weighted by Gasteiger charge is -2.20. The van der Waals surface area contributed by atoms with E-state index in [9.17, 15) is 18.0 Å². The highest BCUT2D eigenvalue weighted by Crippen LogP contribution is 2.30. The van der Waals surface area contributed by atoms with Crippen LogP contribution in [0.15, 0.2) is 79.0 Å². The average Bonchev–Trinajstić information content (AvgIpc) is 3.16. The van der Waals surface area contributed by atoms with Crippen LogP contribution in [0.1, 0.15) is 45.8 Å². The molecule has 4 nitrogen and oxygen atoms in total. The number of fused-ring (bicyclic) bond motifs is 1. The molecule has 0 saturated heterocycles. The van der Waals surface area contributed by atoms with Gasteiger partial charge in [0.25, 0.3) is 5.91 Å². The number of aryl methyl sites for hydroxylation is 1. The molecule has 0 bridgehead atoms. The normalized spacial score (nSPS) is 11.8. The number of nitrogens with one attached hydrogen (secondary N) is 1. The summed E-state index contributed by atoms with van der Waals surface area (Å²) in [6, 6.07) is 20.6. The Balaban J connectivity index is 1.79. The van der Waals surface area contributed by atoms with Gasteiger partial charge in [-0.3, -0.25) is 9.20 Å². The number of pyridine rings is 1. The van der Waals surface area contributed by atoms with Crippen LogP contribution in [0.5, 0.6) is 0 Å². The van der Waals surface area contributed by atoms with E-state index in [0.717, 1.165) is 23.4 Å². The highest BCUT2D eigenvalue weighted by atomic mass is 19.4. The third-order valence-electron chi connectivity index (χ3n) is 5.11. The van der Waals surface area contributed by atoms with Crippen molar-refractivity contribution < 1.29 is 18.0 Å². The zero-order chi connectivity index (χ0) is 22.0. The number of rotatable bonds is 5. The summed E-state index contributed by atoms with van der Waals surface area (Å²) in [6.07, 6.45) is -3.18. The lowest BCUT2D eigenvalue weighted by Crippen LogP contribution is -2.31. The number of benzene rings is 2. The summed E-state index contributed by atoms with van der Waals surface area (Å²) in [5, 5.41) is 3.00. The van der Waals surface area contributed by atoms with Crippen molar-refractivity contribution in [3.63, 3.8) is 0 Å². The number of hydrogen-bond donors (Lipinski definition) is 1. The van der Waals surface area contributed by atoms with Gasteiger partial charge in [0.2, 0.25) is 0 Å². The van der Waals surface area contributed by atoms with E-state index in [1.54, 1.807) is 0 Å². The molecule has 31 heavy (non-hydrogen) atoms. The monoisotopic (exact) mass is 423 g/mol. The highest BCUT2D eigenvalue weighted by Gasteiger charge is 2.32. The Hall–Kier alpha value is -3.61. The first kappa shape index (κ1) is 20.7. The molecule has 0 aliphatic rings. The molecule has 0 unspecified atom stereocenters. The Morgan fingerprint density at radius 1 is 0.968 bits per heavy atom. The van der Waals surface area contributed by atoms with E-state index < -0.39 is 23.7 Å². The fourth-order valence-corrected chi connectivity index (χ4v) is 3.60. The SMILES string of the molecule is CCc1nc2ccc(C(F)(F)F)cn2c1C(=O)NC(c1ccccc1)c1ccccc1. The number of alkyl halides is 3. The summed E-state index contributed by atoms with van der Waals surface area (Å²) < 4.78 is 41.0. The number of hydrogen-bond acceptors (Lipinski definition) is 2. The number of nitrogens with zero attached hydrogens (tertiary/aromatic N) is 2. The molecule has 0 aliphatic heterocycles. The van der Waals surface area contributed by atoms with Crippen molar-refractivity contribution in [1.29, 1.82) is 0 Å². The van der Waals surface area contributed by atoms with Crippen molar-refractivity contribution in [2.45, 2.75) is 25.6 Å². The molecule has 0 aliphatic carbocycles. The van der Waals surface area contributed by atoms with Crippen LogP contribution in [0.25, 0.3) is 5.65 Å². The lowest BCUT2D eigenvalue weighted by molar-refractivity contribution is -0.137. The zero-order valence-corrected chi connectivity index (χ0v) is 16.7. The van der Waals surface area contributed by atoms with Gasteiger partial charge in [-0.2, -0.15) is 13.2 Å². The molecular formula is C24H20F3N3O. The molecule has 1 N–H and O–H groups in total. The largest absolute Gasteiger partial charge is 0.417 e. The molecule has 1 amide bonds. The van der Waals surface area contributed by atoms with Crippen LogP contribution >= 0.6 is 0 Å². The van der Waals surface area contributed by atoms with Crippen molar-refractivity contribution >= 4 is 11.6 Å². The van der Waals surface area contributed by atoms with Crippen LogP contribution in [-0.4, -0.2) is 15.3 Å². The number of amides is 1. The van der Waals surface area contributed by atoms with Crippen LogP contribution in [0, 0.1) is 0 Å². The summed E-state index contributed by atoms with van der Waals surface area (Å²) in [5.74, 6) is -0.485. The second-order valence-corrected chi connectivity index (χ2v) is 7.13. The molecule has 4 rings (SSSR count). The molecule has 2 heterocycles. The Morgan fingerprint density at radius 3 is 2.06 bits per heavy atom. The molecule has 0 atom stereocenters. The topological polar surface area (TPSA) is 46.4 Å². The van der Waals surface area contributed by atoms with E-state index in [2.05, 4.69) is 10.3 Å². The maximum Gasteiger partial charge on any atom is 0.417 e. The molecular weight excluding hydrogens is 403 g/mol. The number of carbonyl (C=O) groups is 1. The molecule has 0 radical (unpaired) electrons. The Morgan fingerprint density at radius 2 is 1.55 bits per heavy atom. The number of imidazole rings is 1. The zero-order valence-electron chi connectivity index (χ0n) is 16.7. The Kier molecular flexibility index (Phi) is 5.50. The van der Waals surface area contributed by atoms with Gasteiger partial charge in [-0.15, -0.1) is 0 Å². The fraction of sp³-hybridized carbons (Fsp3) is 0.167. The predicted molar refractivity (Wildman–Crippen MR) is 112 cm³/mol. The average molecular weight is 423 g/mol. The third kappa shape index (κ3) is 4.17. The fourth-order valence-electron chi connectivity index (χ4n) is 3.60. The molecule has 158 valence electrons. The van der Waals surface area contributed by atoms with E-state index in [1.165, 1.54) is 10.5 Å². The third-order valence-corrected chi connectivity index (χ3v) is 5.11. The quantitative estimate of drug-likeness (QED) is 0.465. The van der Waals surface area contributed by atoms with E-state index in [4.69, 9.17) is 0 Å². The first-order valence-electron chi connectivity index (χ1n) is 9.87. The van der Waals surface area contributed by atoms with Gasteiger partial charge in [-0.05, 0) is 29.7 Å². The number of carbonyl (C=O) groups excluding carboxylic acids is 1. The van der Waals surface area contributed by atoms with Gasteiger partial charge in [0.1, 0.15) is 11.3 Å². The minimum Gasteiger partial charge on any atom is -0.340 e. The Bertz CT molecular complexity index is 1160. The number of halogens is 3. The molecule has 0 fully saturated rings. The van der Waals surface area contributed by atoms with Gasteiger partial charge in [0, 0.05) is 6.20 Å². The van der Waals surface area contributed by atoms with E-state index in [-0.39, 0.29) is 5.69 Å². The van der Waals surface area contributed by atoms with Crippen LogP contribution in [0.2, 0.25) is 0 Å². The number of aromatic nitrogens is 2. The minimum atomic E-state index is -4.52. The van der Waals surface area contributed by atoms with Gasteiger partial charge in [-0.1, -0.05) is 67.6 Å². The van der Waals surface area contributed by atoms with Crippen LogP contribution in [-0.2, 0) is 12.6 Å². The van der Waals surface area contributed by atoms with Gasteiger partial charge in [-0.25, -0.2) is 4.98 Å². The second-order valence-electron chi connectivity index (χ2n) is 7.13. The van der Waals surface area contributed by atoms with Gasteiger partial charge in [0.15, 0.2) is 0 Å². The van der Waals surface area contributed by atoms with Crippen LogP contribution in [0.4, 0.5) is 13.2 Å². The maximum absolute atomic E-state index is 13.4. The Labute approximate surface area is 177 Å².